The van der Waals surface area contributed by atoms with E-state index in [9.17, 15) is 4.79 Å². The average molecular weight is 278 g/mol. The molecule has 1 aromatic heterocycles. The standard InChI is InChI=1S/C15H22N2OS/c1-2-11-5-8-19-14(11)15(18)17-6-3-12-9-16-10-13(12)4-7-17/h5,8,12-13,16H,2-4,6-7,9-10H2,1H3/t12-,13+. The molecule has 3 heterocycles. The molecule has 2 aliphatic rings. The number of nitrogens with one attached hydrogen (secondary N) is 1. The van der Waals surface area contributed by atoms with Gasteiger partial charge in [0.25, 0.3) is 5.91 Å². The van der Waals surface area contributed by atoms with Gasteiger partial charge in [-0.3, -0.25) is 4.79 Å². The quantitative estimate of drug-likeness (QED) is 0.901. The van der Waals surface area contributed by atoms with Crippen molar-refractivity contribution in [2.24, 2.45) is 11.8 Å². The number of amides is 1. The fourth-order valence-corrected chi connectivity index (χ4v) is 4.33. The second-order valence-electron chi connectivity index (χ2n) is 5.68. The minimum absolute atomic E-state index is 0.264. The van der Waals surface area contributed by atoms with Gasteiger partial charge in [0.15, 0.2) is 0 Å². The van der Waals surface area contributed by atoms with Crippen molar-refractivity contribution in [1.29, 1.82) is 0 Å². The number of carbonyl (C=O) groups excluding carboxylic acids is 1. The van der Waals surface area contributed by atoms with Crippen LogP contribution in [0.1, 0.15) is 35.0 Å². The van der Waals surface area contributed by atoms with Crippen LogP contribution in [0.3, 0.4) is 0 Å². The summed E-state index contributed by atoms with van der Waals surface area (Å²) >= 11 is 1.60. The molecule has 3 rings (SSSR count). The number of fused-ring (bicyclic) bond motifs is 1. The van der Waals surface area contributed by atoms with E-state index in [0.29, 0.717) is 0 Å². The molecule has 2 saturated heterocycles. The third-order valence-corrected chi connectivity index (χ3v) is 5.57. The fourth-order valence-electron chi connectivity index (χ4n) is 3.37. The lowest BCUT2D eigenvalue weighted by atomic mass is 9.92. The van der Waals surface area contributed by atoms with Gasteiger partial charge in [0.05, 0.1) is 4.88 Å². The maximum absolute atomic E-state index is 12.6. The molecule has 104 valence electrons. The van der Waals surface area contributed by atoms with Crippen LogP contribution in [-0.2, 0) is 6.42 Å². The van der Waals surface area contributed by atoms with Crippen molar-refractivity contribution in [3.8, 4) is 0 Å². The van der Waals surface area contributed by atoms with Crippen molar-refractivity contribution < 1.29 is 4.79 Å². The van der Waals surface area contributed by atoms with E-state index in [-0.39, 0.29) is 5.91 Å². The Bertz CT molecular complexity index is 443. The zero-order valence-electron chi connectivity index (χ0n) is 11.5. The van der Waals surface area contributed by atoms with Crippen LogP contribution in [0.4, 0.5) is 0 Å². The minimum atomic E-state index is 0.264. The van der Waals surface area contributed by atoms with Crippen LogP contribution in [-0.4, -0.2) is 37.0 Å². The van der Waals surface area contributed by atoms with Crippen molar-refractivity contribution in [3.05, 3.63) is 21.9 Å². The Kier molecular flexibility index (Phi) is 3.89. The molecule has 2 fully saturated rings. The third-order valence-electron chi connectivity index (χ3n) is 4.63. The van der Waals surface area contributed by atoms with Crippen LogP contribution < -0.4 is 5.32 Å². The van der Waals surface area contributed by atoms with Gasteiger partial charge in [-0.1, -0.05) is 6.92 Å². The Labute approximate surface area is 119 Å². The van der Waals surface area contributed by atoms with E-state index in [1.54, 1.807) is 11.3 Å². The van der Waals surface area contributed by atoms with E-state index >= 15 is 0 Å². The monoisotopic (exact) mass is 278 g/mol. The van der Waals surface area contributed by atoms with Crippen LogP contribution in [0.5, 0.6) is 0 Å². The van der Waals surface area contributed by atoms with Gasteiger partial charge < -0.3 is 10.2 Å². The first-order valence-electron chi connectivity index (χ1n) is 7.36. The largest absolute Gasteiger partial charge is 0.338 e. The molecular weight excluding hydrogens is 256 g/mol. The summed E-state index contributed by atoms with van der Waals surface area (Å²) in [6, 6.07) is 2.09. The highest BCUT2D eigenvalue weighted by Crippen LogP contribution is 2.28. The molecule has 0 unspecified atom stereocenters. The van der Waals surface area contributed by atoms with E-state index in [0.717, 1.165) is 62.2 Å². The lowest BCUT2D eigenvalue weighted by Crippen LogP contribution is -2.32. The first-order chi connectivity index (χ1) is 9.29. The summed E-state index contributed by atoms with van der Waals surface area (Å²) in [5.74, 6) is 1.83. The highest BCUT2D eigenvalue weighted by atomic mass is 32.1. The van der Waals surface area contributed by atoms with E-state index in [1.807, 2.05) is 5.38 Å². The number of likely N-dealkylation sites (tertiary alicyclic amines) is 1. The molecule has 3 nitrogen and oxygen atoms in total. The molecule has 1 amide bonds. The van der Waals surface area contributed by atoms with E-state index in [1.165, 1.54) is 5.56 Å². The lowest BCUT2D eigenvalue weighted by molar-refractivity contribution is 0.0762. The summed E-state index contributed by atoms with van der Waals surface area (Å²) < 4.78 is 0. The molecular formula is C15H22N2OS. The van der Waals surface area contributed by atoms with Gasteiger partial charge >= 0.3 is 0 Å². The summed E-state index contributed by atoms with van der Waals surface area (Å²) in [6.07, 6.45) is 3.28. The molecule has 4 heteroatoms. The van der Waals surface area contributed by atoms with Gasteiger partial charge in [-0.2, -0.15) is 0 Å². The second-order valence-corrected chi connectivity index (χ2v) is 6.59. The molecule has 19 heavy (non-hydrogen) atoms. The van der Waals surface area contributed by atoms with E-state index in [4.69, 9.17) is 0 Å². The zero-order chi connectivity index (χ0) is 13.2. The van der Waals surface area contributed by atoms with Crippen molar-refractivity contribution in [3.63, 3.8) is 0 Å². The number of rotatable bonds is 2. The molecule has 2 atom stereocenters. The molecule has 0 radical (unpaired) electrons. The summed E-state index contributed by atoms with van der Waals surface area (Å²) in [5.41, 5.74) is 1.21. The van der Waals surface area contributed by atoms with Crippen molar-refractivity contribution in [2.45, 2.75) is 26.2 Å². The number of hydrogen-bond acceptors (Lipinski definition) is 3. The molecule has 0 aromatic carbocycles. The lowest BCUT2D eigenvalue weighted by Gasteiger charge is -2.20. The molecule has 1 aromatic rings. The zero-order valence-corrected chi connectivity index (χ0v) is 12.3. The van der Waals surface area contributed by atoms with Gasteiger partial charge in [-0.05, 0) is 61.2 Å². The summed E-state index contributed by atoms with van der Waals surface area (Å²) in [6.45, 7) is 6.28. The highest BCUT2D eigenvalue weighted by molar-refractivity contribution is 7.12. The minimum Gasteiger partial charge on any atom is -0.338 e. The second kappa shape index (κ2) is 5.63. The van der Waals surface area contributed by atoms with Gasteiger partial charge in [-0.15, -0.1) is 11.3 Å². The fraction of sp³-hybridized carbons (Fsp3) is 0.667. The van der Waals surface area contributed by atoms with Crippen LogP contribution >= 0.6 is 11.3 Å². The number of carbonyl (C=O) groups is 1. The molecule has 2 aliphatic heterocycles. The van der Waals surface area contributed by atoms with Gasteiger partial charge in [-0.25, -0.2) is 0 Å². The first kappa shape index (κ1) is 13.1. The number of hydrogen-bond donors (Lipinski definition) is 1. The van der Waals surface area contributed by atoms with E-state index < -0.39 is 0 Å². The number of nitrogens with zero attached hydrogens (tertiary/aromatic N) is 1. The Balaban J connectivity index is 1.70. The maximum Gasteiger partial charge on any atom is 0.264 e. The predicted octanol–water partition coefficient (Wildman–Crippen LogP) is 2.38. The van der Waals surface area contributed by atoms with Crippen molar-refractivity contribution >= 4 is 17.2 Å². The van der Waals surface area contributed by atoms with E-state index in [2.05, 4.69) is 23.2 Å². The normalized spacial score (nSPS) is 27.1. The Morgan fingerprint density at radius 2 is 2.05 bits per heavy atom. The molecule has 1 N–H and O–H groups in total. The van der Waals surface area contributed by atoms with Gasteiger partial charge in [0.2, 0.25) is 0 Å². The Hall–Kier alpha value is -0.870. The molecule has 0 aliphatic carbocycles. The summed E-state index contributed by atoms with van der Waals surface area (Å²) in [7, 11) is 0. The van der Waals surface area contributed by atoms with Crippen molar-refractivity contribution in [2.75, 3.05) is 26.2 Å². The van der Waals surface area contributed by atoms with Crippen LogP contribution in [0, 0.1) is 11.8 Å². The molecule has 0 spiro atoms. The molecule has 0 bridgehead atoms. The highest BCUT2D eigenvalue weighted by Gasteiger charge is 2.32. The number of thiophene rings is 1. The van der Waals surface area contributed by atoms with Crippen LogP contribution in [0.2, 0.25) is 0 Å². The van der Waals surface area contributed by atoms with Crippen LogP contribution in [0.25, 0.3) is 0 Å². The van der Waals surface area contributed by atoms with Crippen molar-refractivity contribution in [1.82, 2.24) is 10.2 Å². The third kappa shape index (κ3) is 2.56. The first-order valence-corrected chi connectivity index (χ1v) is 8.24. The maximum atomic E-state index is 12.6. The Morgan fingerprint density at radius 1 is 1.37 bits per heavy atom. The SMILES string of the molecule is CCc1ccsc1C(=O)N1CC[C@@H]2CNC[C@@H]2CC1. The topological polar surface area (TPSA) is 32.3 Å². The number of aryl methyl sites for hydroxylation is 1. The molecule has 0 saturated carbocycles. The summed E-state index contributed by atoms with van der Waals surface area (Å²) in [4.78, 5) is 15.7. The van der Waals surface area contributed by atoms with Gasteiger partial charge in [0.1, 0.15) is 0 Å². The summed E-state index contributed by atoms with van der Waals surface area (Å²) in [5, 5.41) is 5.52. The predicted molar refractivity (Wildman–Crippen MR) is 78.7 cm³/mol. The smallest absolute Gasteiger partial charge is 0.264 e. The average Bonchev–Trinajstić information content (AvgIpc) is 3.03. The Morgan fingerprint density at radius 3 is 2.68 bits per heavy atom. The van der Waals surface area contributed by atoms with Gasteiger partial charge in [0, 0.05) is 13.1 Å². The van der Waals surface area contributed by atoms with Crippen LogP contribution in [0.15, 0.2) is 11.4 Å².